The number of hydrogen-bond acceptors (Lipinski definition) is 3. The number of rotatable bonds is 5. The third-order valence-electron chi connectivity index (χ3n) is 2.74. The molecule has 0 heterocycles. The highest BCUT2D eigenvalue weighted by Gasteiger charge is 2.07. The van der Waals surface area contributed by atoms with E-state index in [1.807, 2.05) is 6.07 Å². The average Bonchev–Trinajstić information content (AvgIpc) is 2.48. The maximum absolute atomic E-state index is 10.7. The predicted molar refractivity (Wildman–Crippen MR) is 83.3 cm³/mol. The molecular formula is C16H13BrO4. The Balaban J connectivity index is 2.37. The van der Waals surface area contributed by atoms with Crippen LogP contribution in [0.15, 0.2) is 53.0 Å². The van der Waals surface area contributed by atoms with Crippen molar-refractivity contribution in [2.75, 3.05) is 0 Å². The second-order valence-electron chi connectivity index (χ2n) is 4.22. The minimum Gasteiger partial charge on any atom is -0.478 e. The molecule has 2 N–H and O–H groups in total. The van der Waals surface area contributed by atoms with E-state index in [2.05, 4.69) is 15.9 Å². The largest absolute Gasteiger partial charge is 0.478 e. The van der Waals surface area contributed by atoms with Crippen molar-refractivity contribution < 1.29 is 19.7 Å². The summed E-state index contributed by atoms with van der Waals surface area (Å²) in [5, 5.41) is 18.0. The van der Waals surface area contributed by atoms with E-state index in [1.165, 1.54) is 6.08 Å². The number of aliphatic hydroxyl groups is 1. The van der Waals surface area contributed by atoms with Crippen molar-refractivity contribution >= 4 is 28.0 Å². The molecule has 21 heavy (non-hydrogen) atoms. The highest BCUT2D eigenvalue weighted by molar-refractivity contribution is 9.10. The number of benzene rings is 2. The molecule has 0 fully saturated rings. The molecule has 108 valence electrons. The second-order valence-corrected chi connectivity index (χ2v) is 5.14. The van der Waals surface area contributed by atoms with E-state index in [0.29, 0.717) is 22.6 Å². The highest BCUT2D eigenvalue weighted by Crippen LogP contribution is 2.31. The third-order valence-corrected chi connectivity index (χ3v) is 3.23. The number of carbonyl (C=O) groups is 1. The van der Waals surface area contributed by atoms with Crippen molar-refractivity contribution in [1.29, 1.82) is 0 Å². The quantitative estimate of drug-likeness (QED) is 0.805. The molecule has 0 bridgehead atoms. The molecular weight excluding hydrogens is 336 g/mol. The van der Waals surface area contributed by atoms with Gasteiger partial charge in [-0.2, -0.15) is 0 Å². The number of aliphatic carboxylic acids is 1. The minimum atomic E-state index is -1.03. The van der Waals surface area contributed by atoms with Gasteiger partial charge in [-0.1, -0.05) is 34.1 Å². The minimum absolute atomic E-state index is 0.132. The molecule has 4 nitrogen and oxygen atoms in total. The molecule has 2 aromatic carbocycles. The van der Waals surface area contributed by atoms with E-state index in [0.717, 1.165) is 10.5 Å². The first-order valence-corrected chi connectivity index (χ1v) is 6.96. The van der Waals surface area contributed by atoms with Crippen molar-refractivity contribution in [2.45, 2.75) is 6.61 Å². The summed E-state index contributed by atoms with van der Waals surface area (Å²) in [7, 11) is 0. The summed E-state index contributed by atoms with van der Waals surface area (Å²) in [6.07, 6.45) is 2.51. The van der Waals surface area contributed by atoms with Gasteiger partial charge in [0.2, 0.25) is 0 Å². The normalized spacial score (nSPS) is 10.8. The average molecular weight is 349 g/mol. The monoisotopic (exact) mass is 348 g/mol. The highest BCUT2D eigenvalue weighted by atomic mass is 79.9. The Hall–Kier alpha value is -2.11. The Bertz CT molecular complexity index is 680. The second kappa shape index (κ2) is 7.06. The Morgan fingerprint density at radius 2 is 1.95 bits per heavy atom. The van der Waals surface area contributed by atoms with Crippen molar-refractivity contribution in [2.24, 2.45) is 0 Å². The summed E-state index contributed by atoms with van der Waals surface area (Å²) in [6.45, 7) is -0.132. The maximum Gasteiger partial charge on any atom is 0.328 e. The van der Waals surface area contributed by atoms with E-state index >= 15 is 0 Å². The number of hydrogen-bond donors (Lipinski definition) is 2. The molecule has 0 spiro atoms. The van der Waals surface area contributed by atoms with Gasteiger partial charge in [-0.25, -0.2) is 4.79 Å². The van der Waals surface area contributed by atoms with Crippen LogP contribution in [0.5, 0.6) is 11.5 Å². The molecule has 2 rings (SSSR count). The molecule has 0 aliphatic rings. The van der Waals surface area contributed by atoms with Crippen LogP contribution >= 0.6 is 15.9 Å². The van der Waals surface area contributed by atoms with Gasteiger partial charge in [0.05, 0.1) is 6.61 Å². The van der Waals surface area contributed by atoms with Gasteiger partial charge in [-0.05, 0) is 30.3 Å². The summed E-state index contributed by atoms with van der Waals surface area (Å²) in [5.74, 6) is 0.0144. The van der Waals surface area contributed by atoms with E-state index in [-0.39, 0.29) is 6.61 Å². The molecule has 5 heteroatoms. The van der Waals surface area contributed by atoms with Crippen LogP contribution in [-0.2, 0) is 11.4 Å². The molecule has 0 aromatic heterocycles. The van der Waals surface area contributed by atoms with Gasteiger partial charge in [-0.3, -0.25) is 0 Å². The number of para-hydroxylation sites is 1. The van der Waals surface area contributed by atoms with Crippen LogP contribution in [-0.4, -0.2) is 16.2 Å². The van der Waals surface area contributed by atoms with Crippen LogP contribution < -0.4 is 4.74 Å². The van der Waals surface area contributed by atoms with Gasteiger partial charge in [0.15, 0.2) is 0 Å². The summed E-state index contributed by atoms with van der Waals surface area (Å²) in [6, 6.07) is 12.4. The number of halogens is 1. The van der Waals surface area contributed by atoms with Crippen LogP contribution in [0.1, 0.15) is 11.1 Å². The Kier molecular flexibility index (Phi) is 5.14. The van der Waals surface area contributed by atoms with E-state index in [4.69, 9.17) is 9.84 Å². The fourth-order valence-electron chi connectivity index (χ4n) is 1.76. The zero-order valence-electron chi connectivity index (χ0n) is 11.0. The molecule has 0 aliphatic carbocycles. The Labute approximate surface area is 130 Å². The van der Waals surface area contributed by atoms with Crippen LogP contribution in [0.4, 0.5) is 0 Å². The first-order chi connectivity index (χ1) is 10.1. The lowest BCUT2D eigenvalue weighted by Crippen LogP contribution is -1.93. The van der Waals surface area contributed by atoms with Gasteiger partial charge < -0.3 is 14.9 Å². The maximum atomic E-state index is 10.7. The third kappa shape index (κ3) is 4.18. The van der Waals surface area contributed by atoms with Crippen molar-refractivity contribution in [1.82, 2.24) is 0 Å². The molecule has 0 aliphatic heterocycles. The van der Waals surface area contributed by atoms with Crippen LogP contribution in [0.25, 0.3) is 6.08 Å². The first kappa shape index (κ1) is 15.3. The Morgan fingerprint density at radius 3 is 2.67 bits per heavy atom. The van der Waals surface area contributed by atoms with E-state index in [9.17, 15) is 9.90 Å². The fraction of sp³-hybridized carbons (Fsp3) is 0.0625. The summed E-state index contributed by atoms with van der Waals surface area (Å²) in [4.78, 5) is 10.7. The van der Waals surface area contributed by atoms with Crippen molar-refractivity contribution in [3.8, 4) is 11.5 Å². The summed E-state index contributed by atoms with van der Waals surface area (Å²) >= 11 is 3.34. The molecule has 0 saturated heterocycles. The smallest absolute Gasteiger partial charge is 0.328 e. The van der Waals surface area contributed by atoms with Gasteiger partial charge >= 0.3 is 5.97 Å². The lowest BCUT2D eigenvalue weighted by atomic mass is 10.1. The molecule has 0 saturated carbocycles. The lowest BCUT2D eigenvalue weighted by Gasteiger charge is -2.12. The molecule has 0 atom stereocenters. The SMILES string of the molecule is O=C(O)/C=C/c1cc(Br)ccc1Oc1ccccc1CO. The standard InChI is InChI=1S/C16H13BrO4/c17-13-6-7-15(11(9-13)5-8-16(19)20)21-14-4-2-1-3-12(14)10-18/h1-9,18H,10H2,(H,19,20)/b8-5+. The summed E-state index contributed by atoms with van der Waals surface area (Å²) < 4.78 is 6.61. The summed E-state index contributed by atoms with van der Waals surface area (Å²) in [5.41, 5.74) is 1.29. The van der Waals surface area contributed by atoms with Gasteiger partial charge in [0, 0.05) is 21.7 Å². The zero-order chi connectivity index (χ0) is 15.2. The van der Waals surface area contributed by atoms with Crippen molar-refractivity contribution in [3.05, 3.63) is 64.1 Å². The number of ether oxygens (including phenoxy) is 1. The predicted octanol–water partition coefficient (Wildman–Crippen LogP) is 3.83. The van der Waals surface area contributed by atoms with Gasteiger partial charge in [0.25, 0.3) is 0 Å². The number of carboxylic acids is 1. The Morgan fingerprint density at radius 1 is 1.19 bits per heavy atom. The molecule has 2 aromatic rings. The van der Waals surface area contributed by atoms with E-state index in [1.54, 1.807) is 36.4 Å². The number of aliphatic hydroxyl groups excluding tert-OH is 1. The van der Waals surface area contributed by atoms with Crippen LogP contribution in [0, 0.1) is 0 Å². The van der Waals surface area contributed by atoms with Crippen LogP contribution in [0.3, 0.4) is 0 Å². The molecule has 0 unspecified atom stereocenters. The first-order valence-electron chi connectivity index (χ1n) is 6.17. The molecule has 0 amide bonds. The zero-order valence-corrected chi connectivity index (χ0v) is 12.6. The van der Waals surface area contributed by atoms with Gasteiger partial charge in [-0.15, -0.1) is 0 Å². The lowest BCUT2D eigenvalue weighted by molar-refractivity contribution is -0.131. The fourth-order valence-corrected chi connectivity index (χ4v) is 2.13. The van der Waals surface area contributed by atoms with E-state index < -0.39 is 5.97 Å². The molecule has 0 radical (unpaired) electrons. The van der Waals surface area contributed by atoms with Crippen molar-refractivity contribution in [3.63, 3.8) is 0 Å². The van der Waals surface area contributed by atoms with Crippen LogP contribution in [0.2, 0.25) is 0 Å². The van der Waals surface area contributed by atoms with Gasteiger partial charge in [0.1, 0.15) is 11.5 Å². The number of carboxylic acid groups (broad SMARTS) is 1. The topological polar surface area (TPSA) is 66.8 Å².